The summed E-state index contributed by atoms with van der Waals surface area (Å²) >= 11 is 4.17. The second-order valence-corrected chi connectivity index (χ2v) is 25.4. The molecular formula is C22H37ClOSeSn. The van der Waals surface area contributed by atoms with E-state index in [1.54, 1.807) is 0 Å². The molecule has 0 aliphatic carbocycles. The molecule has 0 unspecified atom stereocenters. The Morgan fingerprint density at radius 3 is 1.88 bits per heavy atom. The molecule has 1 nitrogen and oxygen atoms in total. The number of hydrogen-bond acceptors (Lipinski definition) is 1. The third-order valence-corrected chi connectivity index (χ3v) is 29.6. The standard InChI is InChI=1S/C10H10ClOSe.3C4H9.Sn/c1-12-7-2-8-13-10-5-3-9(11)4-6-10;3*1-3-4-2;/h2-6H,7H2,1H3;3*1,3-4H2,2H3;. The number of halogens is 1. The molecule has 0 aliphatic rings. The Labute approximate surface area is 177 Å². The van der Waals surface area contributed by atoms with E-state index >= 15 is 0 Å². The molecule has 4 heteroatoms. The van der Waals surface area contributed by atoms with Crippen LogP contribution in [0, 0.1) is 0 Å². The summed E-state index contributed by atoms with van der Waals surface area (Å²) in [7, 11) is 1.82. The van der Waals surface area contributed by atoms with Gasteiger partial charge in [0.2, 0.25) is 0 Å². The first-order chi connectivity index (χ1) is 12.6. The van der Waals surface area contributed by atoms with Crippen molar-refractivity contribution in [2.75, 3.05) is 13.7 Å². The van der Waals surface area contributed by atoms with E-state index in [2.05, 4.69) is 39.0 Å². The molecule has 1 aromatic rings. The van der Waals surface area contributed by atoms with Gasteiger partial charge < -0.3 is 0 Å². The molecule has 1 aromatic carbocycles. The third-order valence-electron chi connectivity index (χ3n) is 5.03. The number of methoxy groups -OCH3 is 1. The Hall–Kier alpha value is 0.528. The summed E-state index contributed by atoms with van der Waals surface area (Å²) in [5.74, 6) is 0. The van der Waals surface area contributed by atoms with Gasteiger partial charge in [-0.15, -0.1) is 0 Å². The summed E-state index contributed by atoms with van der Waals surface area (Å²) in [4.78, 5) is 0. The van der Waals surface area contributed by atoms with E-state index in [1.807, 2.05) is 21.7 Å². The van der Waals surface area contributed by atoms with Crippen LogP contribution in [-0.4, -0.2) is 47.1 Å². The van der Waals surface area contributed by atoms with Gasteiger partial charge in [-0.05, 0) is 0 Å². The van der Waals surface area contributed by atoms with Crippen molar-refractivity contribution in [2.45, 2.75) is 72.6 Å². The summed E-state index contributed by atoms with van der Waals surface area (Å²) < 4.78 is 13.4. The zero-order chi connectivity index (χ0) is 19.3. The monoisotopic (exact) mass is 552 g/mol. The molecule has 0 N–H and O–H groups in total. The minimum absolute atomic E-state index is 0.425. The summed E-state index contributed by atoms with van der Waals surface area (Å²) in [6.45, 7) is 7.81. The van der Waals surface area contributed by atoms with Crippen LogP contribution in [0.1, 0.15) is 59.3 Å². The zero-order valence-corrected chi connectivity index (χ0v) is 22.5. The van der Waals surface area contributed by atoms with Gasteiger partial charge in [0, 0.05) is 0 Å². The SMILES string of the molecule is CCC[CH2][Sn]([CH2]CCC)([CH2]CCC)/[C](=C\COC)[Se]c1ccc(Cl)cc1. The van der Waals surface area contributed by atoms with Crippen molar-refractivity contribution in [3.8, 4) is 0 Å². The van der Waals surface area contributed by atoms with Crippen LogP contribution in [-0.2, 0) is 4.74 Å². The average Bonchev–Trinajstić information content (AvgIpc) is 2.66. The van der Waals surface area contributed by atoms with E-state index in [0.717, 1.165) is 11.6 Å². The molecule has 0 bridgehead atoms. The van der Waals surface area contributed by atoms with Crippen LogP contribution in [0.5, 0.6) is 0 Å². The van der Waals surface area contributed by atoms with E-state index in [0.29, 0.717) is 15.0 Å². The van der Waals surface area contributed by atoms with Gasteiger partial charge >= 0.3 is 178 Å². The van der Waals surface area contributed by atoms with Crippen molar-refractivity contribution in [3.63, 3.8) is 0 Å². The van der Waals surface area contributed by atoms with Crippen molar-refractivity contribution in [1.29, 1.82) is 0 Å². The molecule has 1 rings (SSSR count). The van der Waals surface area contributed by atoms with Crippen molar-refractivity contribution < 1.29 is 4.74 Å². The molecule has 0 saturated heterocycles. The van der Waals surface area contributed by atoms with Crippen molar-refractivity contribution in [3.05, 3.63) is 37.9 Å². The fourth-order valence-corrected chi connectivity index (χ4v) is 29.3. The third kappa shape index (κ3) is 8.69. The number of benzene rings is 1. The Kier molecular flexibility index (Phi) is 13.7. The van der Waals surface area contributed by atoms with Gasteiger partial charge in [-0.1, -0.05) is 0 Å². The summed E-state index contributed by atoms with van der Waals surface area (Å²) in [6, 6.07) is 8.57. The van der Waals surface area contributed by atoms with Crippen LogP contribution >= 0.6 is 11.6 Å². The predicted molar refractivity (Wildman–Crippen MR) is 122 cm³/mol. The molecule has 0 aliphatic heterocycles. The number of ether oxygens (including phenoxy) is 1. The maximum atomic E-state index is 6.11. The Morgan fingerprint density at radius 1 is 0.962 bits per heavy atom. The fourth-order valence-electron chi connectivity index (χ4n) is 3.45. The summed E-state index contributed by atoms with van der Waals surface area (Å²) in [5.41, 5.74) is 0. The molecular weight excluding hydrogens is 513 g/mol. The average molecular weight is 551 g/mol. The van der Waals surface area contributed by atoms with Crippen LogP contribution in [0.2, 0.25) is 18.3 Å². The second-order valence-electron chi connectivity index (χ2n) is 7.17. The van der Waals surface area contributed by atoms with Gasteiger partial charge in [-0.25, -0.2) is 0 Å². The van der Waals surface area contributed by atoms with Gasteiger partial charge in [0.15, 0.2) is 0 Å². The normalized spacial score (nSPS) is 12.6. The molecule has 0 fully saturated rings. The molecule has 0 radical (unpaired) electrons. The number of unbranched alkanes of at least 4 members (excludes halogenated alkanes) is 3. The van der Waals surface area contributed by atoms with Crippen molar-refractivity contribution in [2.24, 2.45) is 0 Å². The Balaban J connectivity index is 3.19. The van der Waals surface area contributed by atoms with Crippen LogP contribution in [0.25, 0.3) is 0 Å². The fraction of sp³-hybridized carbons (Fsp3) is 0.636. The molecule has 0 heterocycles. The second kappa shape index (κ2) is 14.5. The molecule has 148 valence electrons. The summed E-state index contributed by atoms with van der Waals surface area (Å²) in [5, 5.41) is 0.838. The molecule has 26 heavy (non-hydrogen) atoms. The minimum atomic E-state index is -2.36. The molecule has 0 saturated carbocycles. The topological polar surface area (TPSA) is 9.23 Å². The zero-order valence-electron chi connectivity index (χ0n) is 17.2. The maximum absolute atomic E-state index is 6.11. The Bertz CT molecular complexity index is 494. The molecule has 0 atom stereocenters. The van der Waals surface area contributed by atoms with Crippen LogP contribution in [0.4, 0.5) is 0 Å². The van der Waals surface area contributed by atoms with E-state index in [-0.39, 0.29) is 0 Å². The Morgan fingerprint density at radius 2 is 1.46 bits per heavy atom. The van der Waals surface area contributed by atoms with Gasteiger partial charge in [-0.3, -0.25) is 0 Å². The van der Waals surface area contributed by atoms with Crippen LogP contribution in [0.3, 0.4) is 0 Å². The number of hydrogen-bond donors (Lipinski definition) is 0. The first-order valence-electron chi connectivity index (χ1n) is 10.2. The van der Waals surface area contributed by atoms with Crippen LogP contribution < -0.4 is 4.46 Å². The van der Waals surface area contributed by atoms with Gasteiger partial charge in [0.1, 0.15) is 0 Å². The van der Waals surface area contributed by atoms with Crippen molar-refractivity contribution >= 4 is 49.4 Å². The first kappa shape index (κ1) is 24.6. The molecule has 0 spiro atoms. The van der Waals surface area contributed by atoms with Crippen molar-refractivity contribution in [1.82, 2.24) is 0 Å². The van der Waals surface area contributed by atoms with E-state index < -0.39 is 18.4 Å². The van der Waals surface area contributed by atoms with Crippen LogP contribution in [0.15, 0.2) is 32.8 Å². The first-order valence-corrected chi connectivity index (χ1v) is 19.8. The van der Waals surface area contributed by atoms with E-state index in [9.17, 15) is 0 Å². The van der Waals surface area contributed by atoms with E-state index in [1.165, 1.54) is 56.3 Å². The van der Waals surface area contributed by atoms with E-state index in [4.69, 9.17) is 16.3 Å². The van der Waals surface area contributed by atoms with Gasteiger partial charge in [0.25, 0.3) is 0 Å². The number of rotatable bonds is 14. The quantitative estimate of drug-likeness (QED) is 0.238. The van der Waals surface area contributed by atoms with Gasteiger partial charge in [0.05, 0.1) is 0 Å². The molecule has 0 aromatic heterocycles. The van der Waals surface area contributed by atoms with Gasteiger partial charge in [-0.2, -0.15) is 0 Å². The summed E-state index contributed by atoms with van der Waals surface area (Å²) in [6.07, 6.45) is 10.7. The predicted octanol–water partition coefficient (Wildman–Crippen LogP) is 6.59. The molecule has 0 amide bonds.